The molecule has 2 aliphatic heterocycles. The highest BCUT2D eigenvalue weighted by molar-refractivity contribution is 5.80. The highest BCUT2D eigenvalue weighted by atomic mass is 16.5. The second kappa shape index (κ2) is 7.75. The van der Waals surface area contributed by atoms with Crippen molar-refractivity contribution in [3.63, 3.8) is 0 Å². The Bertz CT molecular complexity index is 375. The Morgan fingerprint density at radius 3 is 2.90 bits per heavy atom. The minimum Gasteiger partial charge on any atom is -0.363 e. The van der Waals surface area contributed by atoms with Crippen LogP contribution < -0.4 is 11.3 Å². The first-order valence-electron chi connectivity index (χ1n) is 8.07. The van der Waals surface area contributed by atoms with Gasteiger partial charge in [-0.2, -0.15) is 0 Å². The van der Waals surface area contributed by atoms with Gasteiger partial charge in [-0.1, -0.05) is 19.8 Å². The Balaban J connectivity index is 1.82. The molecule has 0 saturated carbocycles. The fourth-order valence-electron chi connectivity index (χ4n) is 3.35. The van der Waals surface area contributed by atoms with Crippen LogP contribution >= 0.6 is 0 Å². The number of rotatable bonds is 5. The van der Waals surface area contributed by atoms with E-state index in [9.17, 15) is 9.59 Å². The van der Waals surface area contributed by atoms with Gasteiger partial charge in [0.15, 0.2) is 0 Å². The zero-order chi connectivity index (χ0) is 15.2. The maximum Gasteiger partial charge on any atom is 0.263 e. The van der Waals surface area contributed by atoms with Crippen LogP contribution in [0.2, 0.25) is 0 Å². The SMILES string of the molecule is CCCC1CCC(=O)N(CC2CCC(C(=O)NN)O2)CC1. The number of hydrogen-bond donors (Lipinski definition) is 2. The fraction of sp³-hybridized carbons (Fsp3) is 0.867. The highest BCUT2D eigenvalue weighted by Gasteiger charge is 2.33. The lowest BCUT2D eigenvalue weighted by Crippen LogP contribution is -2.41. The minimum atomic E-state index is -0.463. The van der Waals surface area contributed by atoms with E-state index in [0.717, 1.165) is 25.8 Å². The Labute approximate surface area is 126 Å². The van der Waals surface area contributed by atoms with Crippen molar-refractivity contribution in [2.24, 2.45) is 11.8 Å². The molecule has 0 aromatic heterocycles. The predicted molar refractivity (Wildman–Crippen MR) is 79.1 cm³/mol. The van der Waals surface area contributed by atoms with Gasteiger partial charge in [-0.3, -0.25) is 15.0 Å². The first-order chi connectivity index (χ1) is 10.1. The number of hydrazine groups is 1. The third kappa shape index (κ3) is 4.41. The highest BCUT2D eigenvalue weighted by Crippen LogP contribution is 2.25. The summed E-state index contributed by atoms with van der Waals surface area (Å²) in [4.78, 5) is 25.6. The predicted octanol–water partition coefficient (Wildman–Crippen LogP) is 0.953. The zero-order valence-corrected chi connectivity index (χ0v) is 12.8. The van der Waals surface area contributed by atoms with Crippen molar-refractivity contribution in [2.75, 3.05) is 13.1 Å². The minimum absolute atomic E-state index is 0.0426. The summed E-state index contributed by atoms with van der Waals surface area (Å²) >= 11 is 0. The molecule has 3 unspecified atom stereocenters. The summed E-state index contributed by atoms with van der Waals surface area (Å²) in [5.41, 5.74) is 2.13. The maximum atomic E-state index is 12.2. The van der Waals surface area contributed by atoms with Gasteiger partial charge in [-0.25, -0.2) is 5.84 Å². The summed E-state index contributed by atoms with van der Waals surface area (Å²) in [6.45, 7) is 3.61. The molecule has 2 rings (SSSR count). The Hall–Kier alpha value is -1.14. The van der Waals surface area contributed by atoms with Crippen LogP contribution in [0.1, 0.15) is 51.9 Å². The molecule has 0 spiro atoms. The smallest absolute Gasteiger partial charge is 0.263 e. The molecule has 21 heavy (non-hydrogen) atoms. The van der Waals surface area contributed by atoms with Crippen molar-refractivity contribution in [1.29, 1.82) is 0 Å². The molecule has 120 valence electrons. The van der Waals surface area contributed by atoms with E-state index in [4.69, 9.17) is 10.6 Å². The topological polar surface area (TPSA) is 84.7 Å². The average molecular weight is 297 g/mol. The molecule has 0 bridgehead atoms. The fourth-order valence-corrected chi connectivity index (χ4v) is 3.35. The molecule has 3 atom stereocenters. The molecule has 3 N–H and O–H groups in total. The number of likely N-dealkylation sites (tertiary alicyclic amines) is 1. The van der Waals surface area contributed by atoms with Crippen LogP contribution in [0.25, 0.3) is 0 Å². The molecule has 2 fully saturated rings. The number of nitrogens with two attached hydrogens (primary N) is 1. The molecular formula is C15H27N3O3. The molecule has 2 heterocycles. The summed E-state index contributed by atoms with van der Waals surface area (Å²) in [6.07, 6.45) is 6.10. The molecule has 6 heteroatoms. The largest absolute Gasteiger partial charge is 0.363 e. The number of nitrogens with zero attached hydrogens (tertiary/aromatic N) is 1. The quantitative estimate of drug-likeness (QED) is 0.449. The van der Waals surface area contributed by atoms with Crippen molar-refractivity contribution in [2.45, 2.75) is 64.1 Å². The lowest BCUT2D eigenvalue weighted by atomic mass is 9.96. The Morgan fingerprint density at radius 1 is 1.38 bits per heavy atom. The van der Waals surface area contributed by atoms with Crippen LogP contribution in [0, 0.1) is 5.92 Å². The molecule has 2 amide bonds. The van der Waals surface area contributed by atoms with E-state index in [2.05, 4.69) is 12.3 Å². The van der Waals surface area contributed by atoms with Crippen LogP contribution in [-0.2, 0) is 14.3 Å². The standard InChI is InChI=1S/C15H27N3O3/c1-2-3-11-4-7-14(19)18(9-8-11)10-12-5-6-13(21-12)15(20)17-16/h11-13H,2-10,16H2,1H3,(H,17,20). The Morgan fingerprint density at radius 2 is 2.19 bits per heavy atom. The summed E-state index contributed by atoms with van der Waals surface area (Å²) < 4.78 is 5.69. The molecule has 2 saturated heterocycles. The third-order valence-corrected chi connectivity index (χ3v) is 4.59. The van der Waals surface area contributed by atoms with Crippen LogP contribution in [0.4, 0.5) is 0 Å². The average Bonchev–Trinajstić information content (AvgIpc) is 2.88. The molecular weight excluding hydrogens is 270 g/mol. The normalized spacial score (nSPS) is 30.3. The number of carbonyl (C=O) groups is 2. The van der Waals surface area contributed by atoms with Crippen molar-refractivity contribution in [3.05, 3.63) is 0 Å². The van der Waals surface area contributed by atoms with Crippen molar-refractivity contribution in [1.82, 2.24) is 10.3 Å². The molecule has 0 radical (unpaired) electrons. The maximum absolute atomic E-state index is 12.2. The molecule has 0 aromatic rings. The summed E-state index contributed by atoms with van der Waals surface area (Å²) in [5, 5.41) is 0. The van der Waals surface area contributed by atoms with Gasteiger partial charge in [-0.05, 0) is 31.6 Å². The van der Waals surface area contributed by atoms with Gasteiger partial charge in [-0.15, -0.1) is 0 Å². The van der Waals surface area contributed by atoms with Gasteiger partial charge < -0.3 is 9.64 Å². The van der Waals surface area contributed by atoms with E-state index in [-0.39, 0.29) is 17.9 Å². The second-order valence-electron chi connectivity index (χ2n) is 6.15. The summed E-state index contributed by atoms with van der Waals surface area (Å²) in [6, 6.07) is 0. The summed E-state index contributed by atoms with van der Waals surface area (Å²) in [5.74, 6) is 5.75. The van der Waals surface area contributed by atoms with Crippen molar-refractivity contribution in [3.8, 4) is 0 Å². The van der Waals surface area contributed by atoms with Gasteiger partial charge in [0.25, 0.3) is 5.91 Å². The van der Waals surface area contributed by atoms with E-state index in [0.29, 0.717) is 25.3 Å². The zero-order valence-electron chi connectivity index (χ0n) is 12.8. The first-order valence-corrected chi connectivity index (χ1v) is 8.07. The molecule has 0 aromatic carbocycles. The van der Waals surface area contributed by atoms with E-state index in [1.807, 2.05) is 4.90 Å². The number of nitrogens with one attached hydrogen (secondary N) is 1. The van der Waals surface area contributed by atoms with Crippen molar-refractivity contribution < 1.29 is 14.3 Å². The lowest BCUT2D eigenvalue weighted by Gasteiger charge is -2.24. The number of hydrogen-bond acceptors (Lipinski definition) is 4. The molecule has 2 aliphatic rings. The van der Waals surface area contributed by atoms with Crippen LogP contribution in [0.15, 0.2) is 0 Å². The monoisotopic (exact) mass is 297 g/mol. The van der Waals surface area contributed by atoms with Gasteiger partial charge in [0.2, 0.25) is 5.91 Å². The lowest BCUT2D eigenvalue weighted by molar-refractivity contribution is -0.135. The third-order valence-electron chi connectivity index (χ3n) is 4.59. The van der Waals surface area contributed by atoms with Gasteiger partial charge >= 0.3 is 0 Å². The van der Waals surface area contributed by atoms with E-state index >= 15 is 0 Å². The molecule has 6 nitrogen and oxygen atoms in total. The Kier molecular flexibility index (Phi) is 5.99. The number of carbonyl (C=O) groups excluding carboxylic acids is 2. The van der Waals surface area contributed by atoms with Gasteiger partial charge in [0, 0.05) is 19.5 Å². The number of amides is 2. The van der Waals surface area contributed by atoms with Gasteiger partial charge in [0.1, 0.15) is 6.10 Å². The van der Waals surface area contributed by atoms with Crippen LogP contribution in [0.3, 0.4) is 0 Å². The van der Waals surface area contributed by atoms with Gasteiger partial charge in [0.05, 0.1) is 6.10 Å². The second-order valence-corrected chi connectivity index (χ2v) is 6.15. The van der Waals surface area contributed by atoms with Crippen LogP contribution in [-0.4, -0.2) is 42.0 Å². The summed E-state index contributed by atoms with van der Waals surface area (Å²) in [7, 11) is 0. The first kappa shape index (κ1) is 16.2. The number of ether oxygens (including phenoxy) is 1. The van der Waals surface area contributed by atoms with E-state index in [1.54, 1.807) is 0 Å². The van der Waals surface area contributed by atoms with E-state index in [1.165, 1.54) is 12.8 Å². The van der Waals surface area contributed by atoms with Crippen LogP contribution in [0.5, 0.6) is 0 Å². The van der Waals surface area contributed by atoms with Crippen molar-refractivity contribution >= 4 is 11.8 Å². The van der Waals surface area contributed by atoms with E-state index < -0.39 is 6.10 Å². The molecule has 0 aliphatic carbocycles.